The summed E-state index contributed by atoms with van der Waals surface area (Å²) in [6.07, 6.45) is 0. The van der Waals surface area contributed by atoms with Gasteiger partial charge in [-0.1, -0.05) is 6.07 Å². The van der Waals surface area contributed by atoms with E-state index in [1.165, 1.54) is 0 Å². The number of carbonyl (C=O) groups is 1. The van der Waals surface area contributed by atoms with Crippen molar-refractivity contribution >= 4 is 17.3 Å². The molecule has 0 radical (unpaired) electrons. The summed E-state index contributed by atoms with van der Waals surface area (Å²) < 4.78 is 5.25. The van der Waals surface area contributed by atoms with E-state index in [1.54, 1.807) is 0 Å². The molecule has 1 aromatic carbocycles. The van der Waals surface area contributed by atoms with Gasteiger partial charge in [0.25, 0.3) is 0 Å². The van der Waals surface area contributed by atoms with E-state index >= 15 is 0 Å². The molecule has 1 fully saturated rings. The van der Waals surface area contributed by atoms with Crippen LogP contribution < -0.4 is 11.1 Å². The number of morpholine rings is 1. The van der Waals surface area contributed by atoms with Gasteiger partial charge < -0.3 is 20.7 Å². The van der Waals surface area contributed by atoms with E-state index in [2.05, 4.69) is 5.32 Å². The Labute approximate surface area is 113 Å². The number of anilines is 2. The van der Waals surface area contributed by atoms with Crippen molar-refractivity contribution < 1.29 is 9.53 Å². The standard InChI is InChI=1S/C14H21N3O2/c1-10-3-4-12(15)13(9-10)16-11(2)14(18)17-5-7-19-8-6-17/h3-4,9,11,16H,5-8,15H2,1-2H3. The number of hydrogen-bond acceptors (Lipinski definition) is 4. The van der Waals surface area contributed by atoms with Crippen molar-refractivity contribution in [2.45, 2.75) is 19.9 Å². The summed E-state index contributed by atoms with van der Waals surface area (Å²) in [4.78, 5) is 14.1. The molecule has 104 valence electrons. The van der Waals surface area contributed by atoms with Crippen LogP contribution in [0.3, 0.4) is 0 Å². The molecule has 1 aliphatic heterocycles. The van der Waals surface area contributed by atoms with Gasteiger partial charge in [0.05, 0.1) is 24.6 Å². The zero-order chi connectivity index (χ0) is 13.8. The van der Waals surface area contributed by atoms with Crippen molar-refractivity contribution in [2.75, 3.05) is 37.4 Å². The average molecular weight is 263 g/mol. The summed E-state index contributed by atoms with van der Waals surface area (Å²) in [5, 5.41) is 3.19. The number of nitrogens with one attached hydrogen (secondary N) is 1. The van der Waals surface area contributed by atoms with Crippen molar-refractivity contribution in [3.63, 3.8) is 0 Å². The number of rotatable bonds is 3. The molecule has 0 spiro atoms. The zero-order valence-electron chi connectivity index (χ0n) is 11.5. The first-order valence-electron chi connectivity index (χ1n) is 6.57. The Morgan fingerprint density at radius 2 is 2.11 bits per heavy atom. The molecule has 0 aliphatic carbocycles. The van der Waals surface area contributed by atoms with Crippen LogP contribution in [0.4, 0.5) is 11.4 Å². The lowest BCUT2D eigenvalue weighted by Crippen LogP contribution is -2.47. The number of ether oxygens (including phenoxy) is 1. The summed E-state index contributed by atoms with van der Waals surface area (Å²) in [5.41, 5.74) is 8.50. The molecular formula is C14H21N3O2. The molecule has 1 atom stereocenters. The highest BCUT2D eigenvalue weighted by Crippen LogP contribution is 2.20. The van der Waals surface area contributed by atoms with Crippen LogP contribution in [0.1, 0.15) is 12.5 Å². The third kappa shape index (κ3) is 3.38. The smallest absolute Gasteiger partial charge is 0.244 e. The number of nitrogens with zero attached hydrogens (tertiary/aromatic N) is 1. The molecule has 3 N–H and O–H groups in total. The summed E-state index contributed by atoms with van der Waals surface area (Å²) in [5.74, 6) is 0.0872. The summed E-state index contributed by atoms with van der Waals surface area (Å²) in [6, 6.07) is 5.47. The van der Waals surface area contributed by atoms with E-state index in [1.807, 2.05) is 36.9 Å². The van der Waals surface area contributed by atoms with E-state index in [0.29, 0.717) is 32.0 Å². The van der Waals surface area contributed by atoms with Crippen molar-refractivity contribution in [3.8, 4) is 0 Å². The fraction of sp³-hybridized carbons (Fsp3) is 0.500. The minimum Gasteiger partial charge on any atom is -0.397 e. The van der Waals surface area contributed by atoms with E-state index in [9.17, 15) is 4.79 Å². The number of aryl methyl sites for hydroxylation is 1. The Bertz CT molecular complexity index is 456. The normalized spacial score (nSPS) is 17.1. The SMILES string of the molecule is Cc1ccc(N)c(NC(C)C(=O)N2CCOCC2)c1. The summed E-state index contributed by atoms with van der Waals surface area (Å²) in [6.45, 7) is 6.41. The van der Waals surface area contributed by atoms with Gasteiger partial charge in [-0.3, -0.25) is 4.79 Å². The van der Waals surface area contributed by atoms with Crippen LogP contribution >= 0.6 is 0 Å². The van der Waals surface area contributed by atoms with Gasteiger partial charge in [-0.2, -0.15) is 0 Å². The molecule has 1 amide bonds. The van der Waals surface area contributed by atoms with Gasteiger partial charge in [-0.05, 0) is 31.5 Å². The molecule has 2 rings (SSSR count). The highest BCUT2D eigenvalue weighted by atomic mass is 16.5. The van der Waals surface area contributed by atoms with Crippen LogP contribution in [0.15, 0.2) is 18.2 Å². The monoisotopic (exact) mass is 263 g/mol. The van der Waals surface area contributed by atoms with Crippen LogP contribution in [0.5, 0.6) is 0 Å². The molecule has 0 aromatic heterocycles. The molecule has 1 aromatic rings. The quantitative estimate of drug-likeness (QED) is 0.805. The molecule has 1 aliphatic rings. The average Bonchev–Trinajstić information content (AvgIpc) is 2.43. The van der Waals surface area contributed by atoms with Gasteiger partial charge in [-0.15, -0.1) is 0 Å². The Morgan fingerprint density at radius 1 is 1.42 bits per heavy atom. The van der Waals surface area contributed by atoms with Crippen LogP contribution in [0.25, 0.3) is 0 Å². The van der Waals surface area contributed by atoms with Crippen LogP contribution in [0.2, 0.25) is 0 Å². The van der Waals surface area contributed by atoms with Gasteiger partial charge in [-0.25, -0.2) is 0 Å². The van der Waals surface area contributed by atoms with Crippen molar-refractivity contribution in [2.24, 2.45) is 0 Å². The molecule has 1 heterocycles. The Kier molecular flexibility index (Phi) is 4.27. The highest BCUT2D eigenvalue weighted by Gasteiger charge is 2.22. The lowest BCUT2D eigenvalue weighted by atomic mass is 10.1. The number of nitrogen functional groups attached to an aromatic ring is 1. The lowest BCUT2D eigenvalue weighted by Gasteiger charge is -2.30. The van der Waals surface area contributed by atoms with Gasteiger partial charge in [0, 0.05) is 13.1 Å². The molecule has 19 heavy (non-hydrogen) atoms. The molecule has 1 unspecified atom stereocenters. The molecule has 5 nitrogen and oxygen atoms in total. The van der Waals surface area contributed by atoms with Crippen molar-refractivity contribution in [1.29, 1.82) is 0 Å². The number of hydrogen-bond donors (Lipinski definition) is 2. The van der Waals surface area contributed by atoms with E-state index in [-0.39, 0.29) is 11.9 Å². The predicted molar refractivity (Wildman–Crippen MR) is 76.1 cm³/mol. The Balaban J connectivity index is 2.01. The first-order valence-corrected chi connectivity index (χ1v) is 6.57. The number of nitrogens with two attached hydrogens (primary N) is 1. The molecular weight excluding hydrogens is 242 g/mol. The maximum Gasteiger partial charge on any atom is 0.244 e. The van der Waals surface area contributed by atoms with E-state index in [0.717, 1.165) is 11.3 Å². The third-order valence-electron chi connectivity index (χ3n) is 3.27. The lowest BCUT2D eigenvalue weighted by molar-refractivity contribution is -0.135. The number of benzene rings is 1. The largest absolute Gasteiger partial charge is 0.397 e. The van der Waals surface area contributed by atoms with Crippen LogP contribution in [-0.4, -0.2) is 43.2 Å². The van der Waals surface area contributed by atoms with Crippen molar-refractivity contribution in [3.05, 3.63) is 23.8 Å². The zero-order valence-corrected chi connectivity index (χ0v) is 11.5. The van der Waals surface area contributed by atoms with Crippen molar-refractivity contribution in [1.82, 2.24) is 4.90 Å². The van der Waals surface area contributed by atoms with Gasteiger partial charge in [0.15, 0.2) is 0 Å². The topological polar surface area (TPSA) is 67.6 Å². The molecule has 1 saturated heterocycles. The summed E-state index contributed by atoms with van der Waals surface area (Å²) >= 11 is 0. The third-order valence-corrected chi connectivity index (χ3v) is 3.27. The first-order chi connectivity index (χ1) is 9.08. The second-order valence-electron chi connectivity index (χ2n) is 4.89. The maximum absolute atomic E-state index is 12.3. The predicted octanol–water partition coefficient (Wildman–Crippen LogP) is 1.24. The minimum atomic E-state index is -0.290. The second-order valence-corrected chi connectivity index (χ2v) is 4.89. The highest BCUT2D eigenvalue weighted by molar-refractivity contribution is 5.85. The Hall–Kier alpha value is -1.75. The number of carbonyl (C=O) groups excluding carboxylic acids is 1. The van der Waals surface area contributed by atoms with Gasteiger partial charge in [0.1, 0.15) is 6.04 Å². The fourth-order valence-electron chi connectivity index (χ4n) is 2.15. The number of amides is 1. The first kappa shape index (κ1) is 13.7. The van der Waals surface area contributed by atoms with Gasteiger partial charge in [0.2, 0.25) is 5.91 Å². The van der Waals surface area contributed by atoms with Crippen LogP contribution in [0, 0.1) is 6.92 Å². The van der Waals surface area contributed by atoms with E-state index in [4.69, 9.17) is 10.5 Å². The molecule has 0 saturated carbocycles. The molecule has 0 bridgehead atoms. The minimum absolute atomic E-state index is 0.0872. The van der Waals surface area contributed by atoms with E-state index < -0.39 is 0 Å². The summed E-state index contributed by atoms with van der Waals surface area (Å²) in [7, 11) is 0. The van der Waals surface area contributed by atoms with Gasteiger partial charge >= 0.3 is 0 Å². The fourth-order valence-corrected chi connectivity index (χ4v) is 2.15. The Morgan fingerprint density at radius 3 is 2.79 bits per heavy atom. The second kappa shape index (κ2) is 5.93. The van der Waals surface area contributed by atoms with Crippen LogP contribution in [-0.2, 0) is 9.53 Å². The molecule has 5 heteroatoms. The maximum atomic E-state index is 12.3.